The summed E-state index contributed by atoms with van der Waals surface area (Å²) in [5, 5.41) is 7.51. The van der Waals surface area contributed by atoms with Crippen molar-refractivity contribution in [2.45, 2.75) is 42.9 Å². The highest BCUT2D eigenvalue weighted by molar-refractivity contribution is 7.90. The number of pyridine rings is 2. The number of hydrogen-bond acceptors (Lipinski definition) is 7. The number of anilines is 3. The number of nitrogens with one attached hydrogen (secondary N) is 3. The minimum absolute atomic E-state index is 0.0116. The molecule has 3 saturated carbocycles. The predicted molar refractivity (Wildman–Crippen MR) is 119 cm³/mol. The van der Waals surface area contributed by atoms with Crippen LogP contribution in [0.15, 0.2) is 29.4 Å². The minimum atomic E-state index is -3.68. The van der Waals surface area contributed by atoms with E-state index in [1.165, 1.54) is 6.07 Å². The van der Waals surface area contributed by atoms with Crippen molar-refractivity contribution in [3.05, 3.63) is 35.7 Å². The first-order valence-corrected chi connectivity index (χ1v) is 12.3. The monoisotopic (exact) mass is 458 g/mol. The van der Waals surface area contributed by atoms with Crippen LogP contribution in [-0.2, 0) is 14.6 Å². The summed E-state index contributed by atoms with van der Waals surface area (Å²) < 4.78 is 47.0. The molecule has 2 aromatic rings. The zero-order valence-corrected chi connectivity index (χ0v) is 18.3. The van der Waals surface area contributed by atoms with Gasteiger partial charge in [-0.1, -0.05) is 0 Å². The molecule has 2 heterocycles. The predicted octanol–water partition coefficient (Wildman–Crippen LogP) is 2.60. The normalized spacial score (nSPS) is 22.3. The second-order valence-electron chi connectivity index (χ2n) is 8.96. The Hall–Kier alpha value is -3.01. The molecule has 0 unspecified atom stereocenters. The molecule has 2 aromatic heterocycles. The molecular weight excluding hydrogens is 430 g/mol. The molecule has 32 heavy (non-hydrogen) atoms. The lowest BCUT2D eigenvalue weighted by atomic mass is 10.2. The van der Waals surface area contributed by atoms with Crippen LogP contribution >= 0.6 is 0 Å². The highest BCUT2D eigenvalue weighted by atomic mass is 32.2. The van der Waals surface area contributed by atoms with Gasteiger partial charge in [0.25, 0.3) is 5.91 Å². The summed E-state index contributed by atoms with van der Waals surface area (Å²) >= 11 is 0. The van der Waals surface area contributed by atoms with Crippen LogP contribution in [0.5, 0.6) is 0 Å². The van der Waals surface area contributed by atoms with Gasteiger partial charge < -0.3 is 16.0 Å². The fraction of sp³-hybridized carbons (Fsp3) is 0.455. The molecule has 0 aromatic carbocycles. The summed E-state index contributed by atoms with van der Waals surface area (Å²) in [4.78, 5) is 33.6. The van der Waals surface area contributed by atoms with E-state index in [4.69, 9.17) is 4.11 Å². The van der Waals surface area contributed by atoms with Crippen LogP contribution in [0.25, 0.3) is 0 Å². The van der Waals surface area contributed by atoms with Crippen molar-refractivity contribution in [2.24, 2.45) is 11.3 Å². The van der Waals surface area contributed by atoms with Crippen molar-refractivity contribution < 1.29 is 22.1 Å². The summed E-state index contributed by atoms with van der Waals surface area (Å²) in [6.45, 7) is -2.74. The molecule has 1 atom stereocenters. The largest absolute Gasteiger partial charge is 0.355 e. The third kappa shape index (κ3) is 3.94. The fourth-order valence-electron chi connectivity index (χ4n) is 4.12. The van der Waals surface area contributed by atoms with Crippen LogP contribution in [0.3, 0.4) is 0 Å². The van der Waals surface area contributed by atoms with Crippen molar-refractivity contribution >= 4 is 39.0 Å². The molecule has 0 bridgehead atoms. The number of aromatic nitrogens is 2. The average molecular weight is 459 g/mol. The molecule has 3 N–H and O–H groups in total. The van der Waals surface area contributed by atoms with Crippen LogP contribution < -0.4 is 16.0 Å². The van der Waals surface area contributed by atoms with Crippen LogP contribution in [0.2, 0.25) is 0 Å². The molecule has 10 heteroatoms. The Labute approximate surface area is 190 Å². The maximum Gasteiger partial charge on any atom is 0.254 e. The maximum absolute atomic E-state index is 12.7. The molecule has 0 aliphatic heterocycles. The molecule has 168 valence electrons. The van der Waals surface area contributed by atoms with Crippen LogP contribution in [0.4, 0.5) is 17.3 Å². The Balaban J connectivity index is 1.48. The van der Waals surface area contributed by atoms with Gasteiger partial charge in [-0.05, 0) is 55.1 Å². The van der Waals surface area contributed by atoms with Crippen molar-refractivity contribution in [2.75, 3.05) is 23.9 Å². The molecule has 2 amide bonds. The molecular formula is C22H25N5O4S. The number of rotatable bonds is 7. The number of amides is 2. The Morgan fingerprint density at radius 1 is 1.19 bits per heavy atom. The zero-order chi connectivity index (χ0) is 25.2. The molecule has 0 radical (unpaired) electrons. The summed E-state index contributed by atoms with van der Waals surface area (Å²) in [7, 11) is -3.68. The number of nitrogens with zero attached hydrogens (tertiary/aromatic N) is 2. The lowest BCUT2D eigenvalue weighted by Gasteiger charge is -2.15. The quantitative estimate of drug-likeness (QED) is 0.581. The van der Waals surface area contributed by atoms with E-state index >= 15 is 0 Å². The Morgan fingerprint density at radius 3 is 2.59 bits per heavy atom. The lowest BCUT2D eigenvalue weighted by molar-refractivity contribution is -0.117. The standard InChI is InChI=1S/C22H25N5O4S/c1-23-20(28)14-11-24-18(27-21(29)15-9-22(15)5-6-22)8-16(14)26-19-17(32(2,30)31)7-13(10-25-19)12-3-4-12/h7-8,10-12,15H,3-6,9H2,1-2H3,(H,23,28)(H2,24,25,26,27,29)/t15-/m0/s1/i1D3. The average Bonchev–Trinajstić information content (AvgIpc) is 3.63. The zero-order valence-electron chi connectivity index (χ0n) is 20.4. The van der Waals surface area contributed by atoms with E-state index in [0.717, 1.165) is 50.1 Å². The second kappa shape index (κ2) is 7.26. The Morgan fingerprint density at radius 2 is 1.97 bits per heavy atom. The number of carbonyl (C=O) groups excluding carboxylic acids is 2. The molecule has 9 nitrogen and oxygen atoms in total. The first-order chi connectivity index (χ1) is 16.3. The summed E-state index contributed by atoms with van der Waals surface area (Å²) in [5.74, 6) is -0.745. The van der Waals surface area contributed by atoms with Gasteiger partial charge in [0.2, 0.25) is 5.91 Å². The van der Waals surface area contributed by atoms with Gasteiger partial charge in [0.1, 0.15) is 16.5 Å². The highest BCUT2D eigenvalue weighted by Gasteiger charge is 2.65. The van der Waals surface area contributed by atoms with E-state index in [0.29, 0.717) is 0 Å². The smallest absolute Gasteiger partial charge is 0.254 e. The summed E-state index contributed by atoms with van der Waals surface area (Å²) in [5.41, 5.74) is 0.877. The molecule has 1 spiro atoms. The van der Waals surface area contributed by atoms with E-state index in [2.05, 4.69) is 20.6 Å². The first kappa shape index (κ1) is 17.5. The first-order valence-electron chi connectivity index (χ1n) is 12.0. The second-order valence-corrected chi connectivity index (χ2v) is 10.9. The molecule has 0 saturated heterocycles. The fourth-order valence-corrected chi connectivity index (χ4v) is 4.93. The van der Waals surface area contributed by atoms with E-state index in [-0.39, 0.29) is 50.9 Å². The number of hydrogen-bond donors (Lipinski definition) is 3. The Kier molecular flexibility index (Phi) is 3.98. The van der Waals surface area contributed by atoms with Crippen LogP contribution in [-0.4, -0.2) is 43.4 Å². The third-order valence-corrected chi connectivity index (χ3v) is 7.60. The molecule has 3 aliphatic rings. The SMILES string of the molecule is [2H]C([2H])([2H])NC(=O)c1cnc(NC(=O)[C@@H]2CC23CC3)cc1Nc1ncc(C2CC2)cc1S(C)(=O)=O. The van der Waals surface area contributed by atoms with Gasteiger partial charge in [-0.2, -0.15) is 0 Å². The van der Waals surface area contributed by atoms with Crippen molar-refractivity contribution in [1.29, 1.82) is 0 Å². The van der Waals surface area contributed by atoms with Gasteiger partial charge in [-0.15, -0.1) is 0 Å². The number of sulfone groups is 1. The van der Waals surface area contributed by atoms with E-state index < -0.39 is 22.7 Å². The van der Waals surface area contributed by atoms with Gasteiger partial charge in [0.05, 0.1) is 11.3 Å². The van der Waals surface area contributed by atoms with Gasteiger partial charge in [-0.3, -0.25) is 9.59 Å². The minimum Gasteiger partial charge on any atom is -0.355 e. The topological polar surface area (TPSA) is 130 Å². The lowest BCUT2D eigenvalue weighted by Crippen LogP contribution is -2.21. The van der Waals surface area contributed by atoms with Crippen molar-refractivity contribution in [3.8, 4) is 0 Å². The highest BCUT2D eigenvalue weighted by Crippen LogP contribution is 2.70. The van der Waals surface area contributed by atoms with Gasteiger partial charge >= 0.3 is 0 Å². The summed E-state index contributed by atoms with van der Waals surface area (Å²) in [6.07, 6.45) is 8.64. The van der Waals surface area contributed by atoms with Gasteiger partial charge in [0.15, 0.2) is 9.84 Å². The van der Waals surface area contributed by atoms with E-state index in [9.17, 15) is 18.0 Å². The maximum atomic E-state index is 12.7. The van der Waals surface area contributed by atoms with Crippen LogP contribution in [0, 0.1) is 11.3 Å². The van der Waals surface area contributed by atoms with Gasteiger partial charge in [-0.25, -0.2) is 18.4 Å². The summed E-state index contributed by atoms with van der Waals surface area (Å²) in [6, 6.07) is 2.94. The van der Waals surface area contributed by atoms with Crippen molar-refractivity contribution in [3.63, 3.8) is 0 Å². The van der Waals surface area contributed by atoms with E-state index in [1.54, 1.807) is 12.3 Å². The molecule has 5 rings (SSSR count). The third-order valence-electron chi connectivity index (χ3n) is 6.49. The van der Waals surface area contributed by atoms with E-state index in [1.807, 2.05) is 5.32 Å². The molecule has 3 aliphatic carbocycles. The van der Waals surface area contributed by atoms with Crippen LogP contribution in [0.1, 0.15) is 58.1 Å². The van der Waals surface area contributed by atoms with Crippen molar-refractivity contribution in [1.82, 2.24) is 15.3 Å². The molecule has 3 fully saturated rings. The van der Waals surface area contributed by atoms with Gasteiger partial charge in [0, 0.05) is 41.7 Å². The Bertz CT molecular complexity index is 1340. The number of carbonyl (C=O) groups is 2.